The van der Waals surface area contributed by atoms with E-state index in [9.17, 15) is 4.79 Å². The molecule has 1 aromatic rings. The number of ether oxygens (including phenoxy) is 1. The topological polar surface area (TPSA) is 82.6 Å². The fraction of sp³-hybridized carbons (Fsp3) is 0.571. The van der Waals surface area contributed by atoms with Gasteiger partial charge in [-0.15, -0.1) is 11.3 Å². The third-order valence-electron chi connectivity index (χ3n) is 4.29. The average Bonchev–Trinajstić information content (AvgIpc) is 3.09. The van der Waals surface area contributed by atoms with E-state index in [2.05, 4.69) is 15.9 Å². The summed E-state index contributed by atoms with van der Waals surface area (Å²) in [6.07, 6.45) is 2.43. The van der Waals surface area contributed by atoms with Gasteiger partial charge >= 0.3 is 5.97 Å². The summed E-state index contributed by atoms with van der Waals surface area (Å²) in [5.74, 6) is -0.464. The summed E-state index contributed by atoms with van der Waals surface area (Å²) in [6, 6.07) is 2.61. The van der Waals surface area contributed by atoms with Gasteiger partial charge in [-0.2, -0.15) is 5.26 Å². The fourth-order valence-corrected chi connectivity index (χ4v) is 4.25. The number of thiophene rings is 1. The molecule has 2 aliphatic heterocycles. The highest BCUT2D eigenvalue weighted by Gasteiger charge is 2.34. The van der Waals surface area contributed by atoms with E-state index < -0.39 is 5.97 Å². The van der Waals surface area contributed by atoms with Crippen LogP contribution in [-0.4, -0.2) is 50.2 Å². The van der Waals surface area contributed by atoms with Gasteiger partial charge in [0.1, 0.15) is 21.5 Å². The number of nitrogens with two attached hydrogens (primary N) is 1. The number of anilines is 2. The Labute approximate surface area is 127 Å². The zero-order valence-electron chi connectivity index (χ0n) is 12.0. The molecule has 2 fully saturated rings. The lowest BCUT2D eigenvalue weighted by Crippen LogP contribution is -2.50. The normalized spacial score (nSPS) is 21.9. The molecule has 7 heteroatoms. The molecule has 0 aliphatic carbocycles. The molecule has 2 aliphatic rings. The van der Waals surface area contributed by atoms with Crippen LogP contribution in [0.25, 0.3) is 0 Å². The van der Waals surface area contributed by atoms with E-state index in [1.165, 1.54) is 37.8 Å². The van der Waals surface area contributed by atoms with E-state index in [4.69, 9.17) is 15.7 Å². The first-order valence-electron chi connectivity index (χ1n) is 7.05. The third kappa shape index (κ3) is 2.34. The van der Waals surface area contributed by atoms with Crippen LogP contribution in [0.3, 0.4) is 0 Å². The Morgan fingerprint density at radius 2 is 2.29 bits per heavy atom. The van der Waals surface area contributed by atoms with Crippen molar-refractivity contribution in [2.24, 2.45) is 0 Å². The molecule has 0 saturated carbocycles. The molecule has 0 bridgehead atoms. The Hall–Kier alpha value is -1.78. The van der Waals surface area contributed by atoms with E-state index in [0.717, 1.165) is 24.6 Å². The van der Waals surface area contributed by atoms with Gasteiger partial charge in [0, 0.05) is 25.7 Å². The first-order valence-corrected chi connectivity index (χ1v) is 7.87. The van der Waals surface area contributed by atoms with E-state index in [0.29, 0.717) is 16.5 Å². The quantitative estimate of drug-likeness (QED) is 0.829. The zero-order valence-corrected chi connectivity index (χ0v) is 12.8. The molecule has 2 saturated heterocycles. The summed E-state index contributed by atoms with van der Waals surface area (Å²) < 4.78 is 4.83. The standard InChI is InChI=1S/C14H18N4O2S/c1-20-14(19)11-12(16)10(7-15)21-13(11)18-6-5-17-4-2-3-9(17)8-18/h9H,2-6,8,16H2,1H3. The van der Waals surface area contributed by atoms with E-state index in [1.807, 2.05) is 0 Å². The van der Waals surface area contributed by atoms with Gasteiger partial charge in [-0.25, -0.2) is 4.79 Å². The molecule has 0 radical (unpaired) electrons. The summed E-state index contributed by atoms with van der Waals surface area (Å²) in [7, 11) is 1.34. The molecule has 0 amide bonds. The van der Waals surface area contributed by atoms with Crippen molar-refractivity contribution in [2.45, 2.75) is 18.9 Å². The lowest BCUT2D eigenvalue weighted by atomic mass is 10.1. The highest BCUT2D eigenvalue weighted by molar-refractivity contribution is 7.17. The minimum Gasteiger partial charge on any atom is -0.465 e. The summed E-state index contributed by atoms with van der Waals surface area (Å²) >= 11 is 1.29. The van der Waals surface area contributed by atoms with Gasteiger partial charge in [0.05, 0.1) is 12.8 Å². The maximum Gasteiger partial charge on any atom is 0.343 e. The minimum atomic E-state index is -0.464. The second-order valence-corrected chi connectivity index (χ2v) is 6.41. The SMILES string of the molecule is COC(=O)c1c(N2CCN3CCCC3C2)sc(C#N)c1N. The highest BCUT2D eigenvalue weighted by atomic mass is 32.1. The van der Waals surface area contributed by atoms with Crippen molar-refractivity contribution in [1.82, 2.24) is 4.90 Å². The molecule has 3 rings (SSSR count). The third-order valence-corrected chi connectivity index (χ3v) is 5.46. The van der Waals surface area contributed by atoms with Gasteiger partial charge in [0.2, 0.25) is 0 Å². The van der Waals surface area contributed by atoms with Gasteiger partial charge in [0.15, 0.2) is 0 Å². The number of esters is 1. The van der Waals surface area contributed by atoms with Crippen LogP contribution in [0.1, 0.15) is 28.1 Å². The van der Waals surface area contributed by atoms with Crippen LogP contribution >= 0.6 is 11.3 Å². The predicted octanol–water partition coefficient (Wildman–Crippen LogP) is 1.27. The molecule has 0 aromatic carbocycles. The van der Waals surface area contributed by atoms with Gasteiger partial charge in [-0.05, 0) is 19.4 Å². The molecule has 2 N–H and O–H groups in total. The van der Waals surface area contributed by atoms with Crippen LogP contribution < -0.4 is 10.6 Å². The first kappa shape index (κ1) is 14.2. The molecule has 1 aromatic heterocycles. The van der Waals surface area contributed by atoms with Crippen molar-refractivity contribution in [1.29, 1.82) is 5.26 Å². The number of nitrogen functional groups attached to an aromatic ring is 1. The second-order valence-electron chi connectivity index (χ2n) is 5.41. The number of carbonyl (C=O) groups excluding carboxylic acids is 1. The monoisotopic (exact) mass is 306 g/mol. The molecular formula is C14H18N4O2S. The molecule has 6 nitrogen and oxygen atoms in total. The smallest absolute Gasteiger partial charge is 0.343 e. The highest BCUT2D eigenvalue weighted by Crippen LogP contribution is 2.39. The largest absolute Gasteiger partial charge is 0.465 e. The van der Waals surface area contributed by atoms with Crippen molar-refractivity contribution in [3.8, 4) is 6.07 Å². The van der Waals surface area contributed by atoms with Crippen LogP contribution in [0.4, 0.5) is 10.7 Å². The second kappa shape index (κ2) is 5.54. The van der Waals surface area contributed by atoms with Crippen molar-refractivity contribution in [2.75, 3.05) is 43.9 Å². The molecule has 1 unspecified atom stereocenters. The molecule has 0 spiro atoms. The van der Waals surface area contributed by atoms with Crippen LogP contribution in [0, 0.1) is 11.3 Å². The lowest BCUT2D eigenvalue weighted by molar-refractivity contribution is 0.0603. The van der Waals surface area contributed by atoms with Crippen molar-refractivity contribution in [3.63, 3.8) is 0 Å². The van der Waals surface area contributed by atoms with Gasteiger partial charge in [-0.1, -0.05) is 0 Å². The molecule has 21 heavy (non-hydrogen) atoms. The van der Waals surface area contributed by atoms with E-state index in [1.54, 1.807) is 0 Å². The van der Waals surface area contributed by atoms with E-state index in [-0.39, 0.29) is 5.69 Å². The van der Waals surface area contributed by atoms with Crippen molar-refractivity contribution in [3.05, 3.63) is 10.4 Å². The first-order chi connectivity index (χ1) is 10.2. The number of nitriles is 1. The maximum atomic E-state index is 12.0. The number of carbonyl (C=O) groups is 1. The molecule has 1 atom stereocenters. The van der Waals surface area contributed by atoms with E-state index >= 15 is 0 Å². The Kier molecular flexibility index (Phi) is 3.74. The fourth-order valence-electron chi connectivity index (χ4n) is 3.21. The Morgan fingerprint density at radius 1 is 1.48 bits per heavy atom. The van der Waals surface area contributed by atoms with Gasteiger partial charge in [-0.3, -0.25) is 4.90 Å². The predicted molar refractivity (Wildman–Crippen MR) is 81.6 cm³/mol. The number of rotatable bonds is 2. The maximum absolute atomic E-state index is 12.0. The minimum absolute atomic E-state index is 0.248. The Morgan fingerprint density at radius 3 is 3.00 bits per heavy atom. The Bertz CT molecular complexity index is 607. The van der Waals surface area contributed by atoms with Gasteiger partial charge < -0.3 is 15.4 Å². The summed E-state index contributed by atoms with van der Waals surface area (Å²) in [5.41, 5.74) is 6.56. The summed E-state index contributed by atoms with van der Waals surface area (Å²) in [5, 5.41) is 9.94. The molecule has 3 heterocycles. The van der Waals surface area contributed by atoms with Crippen LogP contribution in [0.2, 0.25) is 0 Å². The van der Waals surface area contributed by atoms with Crippen LogP contribution in [-0.2, 0) is 4.74 Å². The van der Waals surface area contributed by atoms with Gasteiger partial charge in [0.25, 0.3) is 0 Å². The number of hydrogen-bond acceptors (Lipinski definition) is 7. The lowest BCUT2D eigenvalue weighted by Gasteiger charge is -2.38. The number of fused-ring (bicyclic) bond motifs is 1. The number of nitrogens with zero attached hydrogens (tertiary/aromatic N) is 3. The Balaban J connectivity index is 1.94. The summed E-state index contributed by atoms with van der Waals surface area (Å²) in [4.78, 5) is 17.1. The number of piperazine rings is 1. The van der Waals surface area contributed by atoms with Crippen molar-refractivity contribution < 1.29 is 9.53 Å². The molecular weight excluding hydrogens is 288 g/mol. The zero-order chi connectivity index (χ0) is 15.0. The number of methoxy groups -OCH3 is 1. The summed E-state index contributed by atoms with van der Waals surface area (Å²) in [6.45, 7) is 3.89. The van der Waals surface area contributed by atoms with Crippen LogP contribution in [0.5, 0.6) is 0 Å². The average molecular weight is 306 g/mol. The van der Waals surface area contributed by atoms with Crippen molar-refractivity contribution >= 4 is 28.0 Å². The van der Waals surface area contributed by atoms with Crippen LogP contribution in [0.15, 0.2) is 0 Å². The molecule has 112 valence electrons. The number of hydrogen-bond donors (Lipinski definition) is 1.